The van der Waals surface area contributed by atoms with Gasteiger partial charge in [-0.25, -0.2) is 0 Å². The smallest absolute Gasteiger partial charge is 0.0916 e. The Kier molecular flexibility index (Phi) is 5.26. The Bertz CT molecular complexity index is 628. The zero-order valence-corrected chi connectivity index (χ0v) is 15.0. The number of hydrogen-bond acceptors (Lipinski definition) is 4. The first-order valence-corrected chi connectivity index (χ1v) is 10.0. The van der Waals surface area contributed by atoms with E-state index in [1.165, 1.54) is 60.5 Å². The van der Waals surface area contributed by atoms with Crippen LogP contribution in [0.5, 0.6) is 0 Å². The lowest BCUT2D eigenvalue weighted by Gasteiger charge is -2.31. The Morgan fingerprint density at radius 3 is 2.62 bits per heavy atom. The molecule has 2 aliphatic rings. The number of hydrogen-bond donors (Lipinski definition) is 0. The van der Waals surface area contributed by atoms with Crippen LogP contribution in [-0.2, 0) is 11.3 Å². The highest BCUT2D eigenvalue weighted by atomic mass is 32.1. The fourth-order valence-electron chi connectivity index (χ4n) is 3.90. The minimum absolute atomic E-state index is 0.356. The van der Waals surface area contributed by atoms with E-state index in [4.69, 9.17) is 4.74 Å². The molecule has 2 saturated heterocycles. The Morgan fingerprint density at radius 1 is 1.04 bits per heavy atom. The van der Waals surface area contributed by atoms with E-state index in [1.54, 1.807) is 0 Å². The number of pyridine rings is 1. The third-order valence-electron chi connectivity index (χ3n) is 5.32. The molecular weight excluding hydrogens is 316 g/mol. The molecule has 3 nitrogen and oxygen atoms in total. The van der Waals surface area contributed by atoms with E-state index in [0.29, 0.717) is 12.0 Å². The topological polar surface area (TPSA) is 25.4 Å². The van der Waals surface area contributed by atoms with Crippen LogP contribution in [-0.4, -0.2) is 29.6 Å². The molecule has 4 heteroatoms. The SMILES string of the molecule is c1cc(C2CCN(Cc3ccc([C@@H]4CCCCO4)s3)CC2)ccn1. The number of aromatic nitrogens is 1. The molecule has 0 aromatic carbocycles. The first-order valence-electron chi connectivity index (χ1n) is 9.21. The van der Waals surface area contributed by atoms with E-state index in [0.717, 1.165) is 13.2 Å². The zero-order chi connectivity index (χ0) is 16.2. The Labute approximate surface area is 148 Å². The van der Waals surface area contributed by atoms with Crippen molar-refractivity contribution in [3.63, 3.8) is 0 Å². The number of likely N-dealkylation sites (tertiary alicyclic amines) is 1. The van der Waals surface area contributed by atoms with Crippen molar-refractivity contribution in [2.75, 3.05) is 19.7 Å². The molecule has 0 amide bonds. The van der Waals surface area contributed by atoms with Crippen LogP contribution in [0.2, 0.25) is 0 Å². The fraction of sp³-hybridized carbons (Fsp3) is 0.550. The van der Waals surface area contributed by atoms with Gasteiger partial charge in [0, 0.05) is 35.3 Å². The van der Waals surface area contributed by atoms with Crippen LogP contribution in [0.1, 0.15) is 59.4 Å². The van der Waals surface area contributed by atoms with Crippen LogP contribution in [0.25, 0.3) is 0 Å². The van der Waals surface area contributed by atoms with Gasteiger partial charge in [-0.3, -0.25) is 9.88 Å². The monoisotopic (exact) mass is 342 g/mol. The molecule has 0 aliphatic carbocycles. The summed E-state index contributed by atoms with van der Waals surface area (Å²) >= 11 is 1.96. The molecule has 2 aliphatic heterocycles. The highest BCUT2D eigenvalue weighted by molar-refractivity contribution is 7.12. The van der Waals surface area contributed by atoms with Gasteiger partial charge < -0.3 is 4.74 Å². The second-order valence-electron chi connectivity index (χ2n) is 6.99. The molecular formula is C20H26N2OS. The average Bonchev–Trinajstić information content (AvgIpc) is 3.12. The van der Waals surface area contributed by atoms with Crippen molar-refractivity contribution in [3.8, 4) is 0 Å². The molecule has 0 N–H and O–H groups in total. The van der Waals surface area contributed by atoms with Crippen molar-refractivity contribution in [1.29, 1.82) is 0 Å². The molecule has 128 valence electrons. The number of rotatable bonds is 4. The molecule has 0 bridgehead atoms. The average molecular weight is 343 g/mol. The van der Waals surface area contributed by atoms with E-state index in [-0.39, 0.29) is 0 Å². The number of nitrogens with zero attached hydrogens (tertiary/aromatic N) is 2. The third-order valence-corrected chi connectivity index (χ3v) is 6.49. The van der Waals surface area contributed by atoms with Crippen LogP contribution in [0.15, 0.2) is 36.7 Å². The second-order valence-corrected chi connectivity index (χ2v) is 8.19. The maximum absolute atomic E-state index is 5.92. The van der Waals surface area contributed by atoms with Crippen molar-refractivity contribution < 1.29 is 4.74 Å². The van der Waals surface area contributed by atoms with Crippen molar-refractivity contribution in [2.24, 2.45) is 0 Å². The van der Waals surface area contributed by atoms with E-state index >= 15 is 0 Å². The molecule has 4 rings (SSSR count). The van der Waals surface area contributed by atoms with Crippen molar-refractivity contribution in [1.82, 2.24) is 9.88 Å². The molecule has 0 unspecified atom stereocenters. The second kappa shape index (κ2) is 7.77. The third kappa shape index (κ3) is 3.88. The highest BCUT2D eigenvalue weighted by Crippen LogP contribution is 2.34. The molecule has 2 aromatic heterocycles. The first-order chi connectivity index (χ1) is 11.9. The van der Waals surface area contributed by atoms with Gasteiger partial charge in [-0.05, 0) is 80.9 Å². The van der Waals surface area contributed by atoms with Gasteiger partial charge in [0.25, 0.3) is 0 Å². The molecule has 1 atom stereocenters. The van der Waals surface area contributed by atoms with Crippen LogP contribution in [0.3, 0.4) is 0 Å². The summed E-state index contributed by atoms with van der Waals surface area (Å²) in [5.74, 6) is 0.707. The number of thiophene rings is 1. The van der Waals surface area contributed by atoms with Crippen LogP contribution >= 0.6 is 11.3 Å². The van der Waals surface area contributed by atoms with Gasteiger partial charge in [-0.1, -0.05) is 0 Å². The molecule has 2 fully saturated rings. The van der Waals surface area contributed by atoms with Gasteiger partial charge >= 0.3 is 0 Å². The van der Waals surface area contributed by atoms with Gasteiger partial charge in [0.05, 0.1) is 6.10 Å². The predicted octanol–water partition coefficient (Wildman–Crippen LogP) is 4.76. The van der Waals surface area contributed by atoms with Crippen molar-refractivity contribution in [2.45, 2.75) is 50.7 Å². The van der Waals surface area contributed by atoms with Crippen molar-refractivity contribution in [3.05, 3.63) is 52.0 Å². The fourth-order valence-corrected chi connectivity index (χ4v) is 5.04. The van der Waals surface area contributed by atoms with Gasteiger partial charge in [0.1, 0.15) is 0 Å². The maximum Gasteiger partial charge on any atom is 0.0916 e. The lowest BCUT2D eigenvalue weighted by Crippen LogP contribution is -2.32. The quantitative estimate of drug-likeness (QED) is 0.801. The van der Waals surface area contributed by atoms with Crippen LogP contribution in [0.4, 0.5) is 0 Å². The summed E-state index contributed by atoms with van der Waals surface area (Å²) in [5.41, 5.74) is 1.46. The summed E-state index contributed by atoms with van der Waals surface area (Å²) in [6, 6.07) is 8.96. The summed E-state index contributed by atoms with van der Waals surface area (Å²) in [6.07, 6.45) is 10.4. The van der Waals surface area contributed by atoms with E-state index in [9.17, 15) is 0 Å². The molecule has 24 heavy (non-hydrogen) atoms. The first kappa shape index (κ1) is 16.2. The van der Waals surface area contributed by atoms with Crippen LogP contribution < -0.4 is 0 Å². The molecule has 2 aromatic rings. The summed E-state index contributed by atoms with van der Waals surface area (Å²) in [7, 11) is 0. The standard InChI is InChI=1S/C20H26N2OS/c1-2-14-23-19(3-1)20-5-4-18(24-20)15-22-12-8-17(9-13-22)16-6-10-21-11-7-16/h4-7,10-11,17,19H,1-3,8-9,12-15H2/t19-/m0/s1. The lowest BCUT2D eigenvalue weighted by molar-refractivity contribution is 0.0172. The lowest BCUT2D eigenvalue weighted by atomic mass is 9.90. The van der Waals surface area contributed by atoms with Crippen LogP contribution in [0, 0.1) is 0 Å². The maximum atomic E-state index is 5.92. The summed E-state index contributed by atoms with van der Waals surface area (Å²) in [4.78, 5) is 9.65. The largest absolute Gasteiger partial charge is 0.373 e. The van der Waals surface area contributed by atoms with E-state index in [1.807, 2.05) is 23.7 Å². The summed E-state index contributed by atoms with van der Waals surface area (Å²) in [6.45, 7) is 4.42. The normalized spacial score (nSPS) is 23.4. The molecule has 0 radical (unpaired) electrons. The van der Waals surface area contributed by atoms with Gasteiger partial charge in [0.15, 0.2) is 0 Å². The minimum Gasteiger partial charge on any atom is -0.373 e. The Hall–Kier alpha value is -1.23. The molecule has 0 saturated carbocycles. The highest BCUT2D eigenvalue weighted by Gasteiger charge is 2.22. The molecule has 0 spiro atoms. The number of piperidine rings is 1. The minimum atomic E-state index is 0.356. The molecule has 4 heterocycles. The zero-order valence-electron chi connectivity index (χ0n) is 14.2. The number of ether oxygens (including phenoxy) is 1. The van der Waals surface area contributed by atoms with Gasteiger partial charge in [-0.15, -0.1) is 11.3 Å². The van der Waals surface area contributed by atoms with Crippen molar-refractivity contribution >= 4 is 11.3 Å². The summed E-state index contributed by atoms with van der Waals surface area (Å²) < 4.78 is 5.92. The van der Waals surface area contributed by atoms with Gasteiger partial charge in [-0.2, -0.15) is 0 Å². The predicted molar refractivity (Wildman–Crippen MR) is 98.4 cm³/mol. The Balaban J connectivity index is 1.30. The van der Waals surface area contributed by atoms with E-state index in [2.05, 4.69) is 34.1 Å². The van der Waals surface area contributed by atoms with E-state index < -0.39 is 0 Å². The summed E-state index contributed by atoms with van der Waals surface area (Å²) in [5, 5.41) is 0. The Morgan fingerprint density at radius 2 is 1.88 bits per heavy atom. The van der Waals surface area contributed by atoms with Gasteiger partial charge in [0.2, 0.25) is 0 Å².